The van der Waals surface area contributed by atoms with Crippen LogP contribution >= 0.6 is 24.0 Å². The number of carbonyl (C=O) groups is 1. The van der Waals surface area contributed by atoms with Gasteiger partial charge in [0, 0.05) is 43.8 Å². The minimum Gasteiger partial charge on any atom is -0.396 e. The van der Waals surface area contributed by atoms with Crippen LogP contribution in [0.4, 0.5) is 0 Å². The third kappa shape index (κ3) is 8.02. The average Bonchev–Trinajstić information content (AvgIpc) is 3.13. The van der Waals surface area contributed by atoms with Crippen LogP contribution in [0.2, 0.25) is 0 Å². The molecule has 1 aliphatic heterocycles. The molecule has 0 aromatic heterocycles. The van der Waals surface area contributed by atoms with E-state index in [0.29, 0.717) is 44.2 Å². The molecule has 152 valence electrons. The van der Waals surface area contributed by atoms with Gasteiger partial charge in [-0.15, -0.1) is 24.0 Å². The van der Waals surface area contributed by atoms with Crippen molar-refractivity contribution in [3.05, 3.63) is 35.9 Å². The Labute approximate surface area is 178 Å². The summed E-state index contributed by atoms with van der Waals surface area (Å²) in [5, 5.41) is 18.6. The summed E-state index contributed by atoms with van der Waals surface area (Å²) in [5.74, 6) is 0.630. The van der Waals surface area contributed by atoms with Crippen molar-refractivity contribution in [1.29, 1.82) is 0 Å². The van der Waals surface area contributed by atoms with Gasteiger partial charge in [-0.25, -0.2) is 0 Å². The van der Waals surface area contributed by atoms with Crippen molar-refractivity contribution >= 4 is 35.8 Å². The number of aliphatic hydroxyl groups is 1. The molecular weight excluding hydrogens is 459 g/mol. The third-order valence-corrected chi connectivity index (χ3v) is 4.48. The van der Waals surface area contributed by atoms with E-state index >= 15 is 0 Å². The molecule has 1 aromatic carbocycles. The van der Waals surface area contributed by atoms with Crippen molar-refractivity contribution in [2.24, 2.45) is 10.4 Å². The highest BCUT2D eigenvalue weighted by molar-refractivity contribution is 14.0. The van der Waals surface area contributed by atoms with Crippen molar-refractivity contribution in [3.63, 3.8) is 0 Å². The molecule has 0 spiro atoms. The first-order chi connectivity index (χ1) is 12.7. The summed E-state index contributed by atoms with van der Waals surface area (Å²) < 4.78 is 5.50. The number of guanidine groups is 1. The number of benzene rings is 1. The molecule has 7 nitrogen and oxygen atoms in total. The van der Waals surface area contributed by atoms with E-state index < -0.39 is 0 Å². The standard InChI is InChI=1S/C19H30N4O3.HI/c1-2-20-18(23-14-19(8-12-24)9-13-26-15-19)22-11-10-21-17(25)16-6-4-3-5-7-16;/h3-7,24H,2,8-15H2,1H3,(H,21,25)(H2,20,22,23);1H. The largest absolute Gasteiger partial charge is 0.396 e. The van der Waals surface area contributed by atoms with E-state index in [-0.39, 0.29) is 41.9 Å². The molecule has 1 aromatic rings. The van der Waals surface area contributed by atoms with Gasteiger partial charge in [-0.1, -0.05) is 18.2 Å². The van der Waals surface area contributed by atoms with Crippen LogP contribution in [0, 0.1) is 5.41 Å². The maximum atomic E-state index is 12.0. The third-order valence-electron chi connectivity index (χ3n) is 4.48. The summed E-state index contributed by atoms with van der Waals surface area (Å²) in [5.41, 5.74) is 0.582. The molecule has 0 bridgehead atoms. The summed E-state index contributed by atoms with van der Waals surface area (Å²) in [4.78, 5) is 16.7. The van der Waals surface area contributed by atoms with Crippen LogP contribution in [0.3, 0.4) is 0 Å². The molecule has 2 rings (SSSR count). The monoisotopic (exact) mass is 490 g/mol. The van der Waals surface area contributed by atoms with Crippen LogP contribution in [0.1, 0.15) is 30.1 Å². The summed E-state index contributed by atoms with van der Waals surface area (Å²) in [6.07, 6.45) is 1.62. The van der Waals surface area contributed by atoms with Crippen molar-refractivity contribution in [1.82, 2.24) is 16.0 Å². The van der Waals surface area contributed by atoms with Crippen LogP contribution in [0.25, 0.3) is 0 Å². The van der Waals surface area contributed by atoms with E-state index in [0.717, 1.165) is 19.6 Å². The number of amides is 1. The molecule has 0 radical (unpaired) electrons. The van der Waals surface area contributed by atoms with E-state index in [9.17, 15) is 9.90 Å². The second-order valence-electron chi connectivity index (χ2n) is 6.52. The molecule has 1 fully saturated rings. The summed E-state index contributed by atoms with van der Waals surface area (Å²) in [7, 11) is 0. The van der Waals surface area contributed by atoms with Crippen LogP contribution in [0.15, 0.2) is 35.3 Å². The normalized spacial score (nSPS) is 19.3. The zero-order chi connectivity index (χ0) is 18.7. The maximum Gasteiger partial charge on any atom is 0.251 e. The number of aliphatic imine (C=N–C) groups is 1. The van der Waals surface area contributed by atoms with Gasteiger partial charge in [-0.05, 0) is 31.9 Å². The Balaban J connectivity index is 0.00000364. The number of rotatable bonds is 9. The van der Waals surface area contributed by atoms with Gasteiger partial charge >= 0.3 is 0 Å². The number of carbonyl (C=O) groups excluding carboxylic acids is 1. The highest BCUT2D eigenvalue weighted by Crippen LogP contribution is 2.32. The number of ether oxygens (including phenoxy) is 1. The Hall–Kier alpha value is -1.39. The van der Waals surface area contributed by atoms with Gasteiger partial charge in [0.2, 0.25) is 0 Å². The van der Waals surface area contributed by atoms with E-state index in [1.807, 2.05) is 25.1 Å². The van der Waals surface area contributed by atoms with Gasteiger partial charge in [-0.3, -0.25) is 9.79 Å². The number of hydrogen-bond acceptors (Lipinski definition) is 4. The molecule has 0 saturated carbocycles. The highest BCUT2D eigenvalue weighted by Gasteiger charge is 2.34. The van der Waals surface area contributed by atoms with Crippen molar-refractivity contribution < 1.29 is 14.6 Å². The first-order valence-corrected chi connectivity index (χ1v) is 9.23. The summed E-state index contributed by atoms with van der Waals surface area (Å²) in [6, 6.07) is 9.16. The Bertz CT molecular complexity index is 578. The molecule has 1 heterocycles. The molecule has 1 atom stereocenters. The molecule has 8 heteroatoms. The Morgan fingerprint density at radius 3 is 2.59 bits per heavy atom. The number of nitrogens with zero attached hydrogens (tertiary/aromatic N) is 1. The van der Waals surface area contributed by atoms with E-state index in [1.54, 1.807) is 12.1 Å². The summed E-state index contributed by atoms with van der Waals surface area (Å²) >= 11 is 0. The Morgan fingerprint density at radius 1 is 1.22 bits per heavy atom. The van der Waals surface area contributed by atoms with Gasteiger partial charge in [-0.2, -0.15) is 0 Å². The number of nitrogens with one attached hydrogen (secondary N) is 3. The Morgan fingerprint density at radius 2 is 1.96 bits per heavy atom. The van der Waals surface area contributed by atoms with Gasteiger partial charge in [0.1, 0.15) is 0 Å². The minimum atomic E-state index is -0.0839. The van der Waals surface area contributed by atoms with Crippen LogP contribution < -0.4 is 16.0 Å². The molecule has 1 aliphatic rings. The second-order valence-corrected chi connectivity index (χ2v) is 6.52. The lowest BCUT2D eigenvalue weighted by atomic mass is 9.84. The summed E-state index contributed by atoms with van der Waals surface area (Å²) in [6.45, 7) is 5.97. The lowest BCUT2D eigenvalue weighted by Crippen LogP contribution is -2.42. The van der Waals surface area contributed by atoms with Gasteiger partial charge in [0.15, 0.2) is 5.96 Å². The van der Waals surface area contributed by atoms with Gasteiger partial charge < -0.3 is 25.8 Å². The predicted octanol–water partition coefficient (Wildman–Crippen LogP) is 1.38. The van der Waals surface area contributed by atoms with Crippen LogP contribution in [0.5, 0.6) is 0 Å². The van der Waals surface area contributed by atoms with Crippen LogP contribution in [-0.2, 0) is 4.74 Å². The predicted molar refractivity (Wildman–Crippen MR) is 118 cm³/mol. The van der Waals surface area contributed by atoms with Crippen LogP contribution in [-0.4, -0.2) is 63.0 Å². The molecule has 4 N–H and O–H groups in total. The number of aliphatic hydroxyl groups excluding tert-OH is 1. The van der Waals surface area contributed by atoms with E-state index in [2.05, 4.69) is 20.9 Å². The first kappa shape index (κ1) is 23.6. The molecule has 1 unspecified atom stereocenters. The molecule has 1 saturated heterocycles. The average molecular weight is 490 g/mol. The smallest absolute Gasteiger partial charge is 0.251 e. The van der Waals surface area contributed by atoms with Gasteiger partial charge in [0.05, 0.1) is 13.2 Å². The van der Waals surface area contributed by atoms with Crippen molar-refractivity contribution in [2.45, 2.75) is 19.8 Å². The zero-order valence-corrected chi connectivity index (χ0v) is 18.2. The maximum absolute atomic E-state index is 12.0. The second kappa shape index (κ2) is 12.9. The van der Waals surface area contributed by atoms with E-state index in [1.165, 1.54) is 0 Å². The Kier molecular flexibility index (Phi) is 11.3. The fraction of sp³-hybridized carbons (Fsp3) is 0.579. The highest BCUT2D eigenvalue weighted by atomic mass is 127. The number of hydrogen-bond donors (Lipinski definition) is 4. The fourth-order valence-corrected chi connectivity index (χ4v) is 2.92. The zero-order valence-electron chi connectivity index (χ0n) is 15.9. The minimum absolute atomic E-state index is 0. The molecular formula is C19H31IN4O3. The fourth-order valence-electron chi connectivity index (χ4n) is 2.92. The molecule has 1 amide bonds. The lowest BCUT2D eigenvalue weighted by molar-refractivity contribution is 0.0954. The SMILES string of the molecule is CCNC(=NCC1(CCO)CCOC1)NCCNC(=O)c1ccccc1.I. The van der Waals surface area contributed by atoms with E-state index in [4.69, 9.17) is 4.74 Å². The lowest BCUT2D eigenvalue weighted by Gasteiger charge is -2.24. The quantitative estimate of drug-likeness (QED) is 0.182. The molecule has 27 heavy (non-hydrogen) atoms. The number of halogens is 1. The van der Waals surface area contributed by atoms with Crippen molar-refractivity contribution in [3.8, 4) is 0 Å². The van der Waals surface area contributed by atoms with Gasteiger partial charge in [0.25, 0.3) is 5.91 Å². The molecule has 0 aliphatic carbocycles. The van der Waals surface area contributed by atoms with Crippen molar-refractivity contribution in [2.75, 3.05) is 46.0 Å². The first-order valence-electron chi connectivity index (χ1n) is 9.23. The topological polar surface area (TPSA) is 95.0 Å².